The SMILES string of the molecule is CCCCC[C@H](O)CC[C@@H]1[C@@H](C/C=C\CCCC(=O)OCC/C=N/S(=O)(=O)c2cc3c(s2)S(=O)(=O)[C@@H](C)C[C@@H]3NCC)[C@@H](O)C[C@H]1O. The van der Waals surface area contributed by atoms with Gasteiger partial charge in [-0.1, -0.05) is 45.3 Å². The van der Waals surface area contributed by atoms with Gasteiger partial charge in [-0.15, -0.1) is 11.3 Å². The van der Waals surface area contributed by atoms with Crippen LogP contribution in [0.15, 0.2) is 31.0 Å². The van der Waals surface area contributed by atoms with Crippen LogP contribution in [0.2, 0.25) is 0 Å². The summed E-state index contributed by atoms with van der Waals surface area (Å²) in [5.74, 6) is -0.507. The molecular weight excluding hydrogens is 665 g/mol. The summed E-state index contributed by atoms with van der Waals surface area (Å²) in [4.78, 5) is 12.1. The monoisotopic (exact) mass is 718 g/mol. The van der Waals surface area contributed by atoms with Crippen LogP contribution in [0.1, 0.15) is 116 Å². The normalized spacial score (nSPS) is 26.6. The zero-order valence-electron chi connectivity index (χ0n) is 27.9. The summed E-state index contributed by atoms with van der Waals surface area (Å²) in [7, 11) is -7.71. The molecule has 4 N–H and O–H groups in total. The molecule has 2 heterocycles. The maximum Gasteiger partial charge on any atom is 0.305 e. The number of ether oxygens (including phenoxy) is 1. The Morgan fingerprint density at radius 3 is 2.57 bits per heavy atom. The van der Waals surface area contributed by atoms with E-state index in [2.05, 4.69) is 16.6 Å². The van der Waals surface area contributed by atoms with Crippen LogP contribution < -0.4 is 5.32 Å². The Balaban J connectivity index is 1.36. The Morgan fingerprint density at radius 1 is 1.11 bits per heavy atom. The first-order chi connectivity index (χ1) is 22.3. The van der Waals surface area contributed by atoms with Crippen LogP contribution in [0.4, 0.5) is 0 Å². The number of unbranched alkanes of at least 4 members (excludes halogenated alkanes) is 3. The number of carbonyl (C=O) groups excluding carboxylic acids is 1. The molecule has 1 aliphatic carbocycles. The number of nitrogens with zero attached hydrogens (tertiary/aromatic N) is 1. The minimum atomic E-state index is -4.11. The standard InChI is InChI=1S/C33H54N2O9S3/c1-4-6-9-13-24(36)16-17-26-25(29(37)22-30(26)38)14-10-7-8-11-15-31(39)44-19-12-18-35-47(42,43)32-21-27-28(34-5-2)20-23(3)46(40,41)33(27)45-32/h7,10,18,21,23-26,28-30,34,36-38H,4-6,8-9,11-17,19-20,22H2,1-3H3/b10-7-,35-18+/t23-,24-,25+,26+,28-,29-,30+/m0/s1. The zero-order chi connectivity index (χ0) is 34.6. The first-order valence-corrected chi connectivity index (χ1v) is 20.9. The van der Waals surface area contributed by atoms with Crippen LogP contribution in [0.5, 0.6) is 0 Å². The third kappa shape index (κ3) is 11.4. The highest BCUT2D eigenvalue weighted by Gasteiger charge is 2.41. The molecule has 1 fully saturated rings. The van der Waals surface area contributed by atoms with Gasteiger partial charge in [0.05, 0.1) is 30.2 Å². The van der Waals surface area contributed by atoms with E-state index in [1.165, 1.54) is 6.07 Å². The molecule has 268 valence electrons. The molecule has 11 nitrogen and oxygen atoms in total. The molecule has 14 heteroatoms. The van der Waals surface area contributed by atoms with Gasteiger partial charge in [-0.05, 0) is 82.7 Å². The molecule has 0 aromatic carbocycles. The Hall–Kier alpha value is -1.68. The highest BCUT2D eigenvalue weighted by atomic mass is 32.3. The highest BCUT2D eigenvalue weighted by molar-refractivity contribution is 7.96. The average molecular weight is 719 g/mol. The number of allylic oxidation sites excluding steroid dienone is 2. The van der Waals surface area contributed by atoms with Crippen molar-refractivity contribution in [3.05, 3.63) is 23.8 Å². The van der Waals surface area contributed by atoms with Gasteiger partial charge < -0.3 is 25.4 Å². The molecule has 1 aromatic rings. The van der Waals surface area contributed by atoms with Crippen LogP contribution in [0, 0.1) is 11.8 Å². The summed E-state index contributed by atoms with van der Waals surface area (Å²) in [6.07, 6.45) is 11.7. The number of hydrogen-bond donors (Lipinski definition) is 4. The molecule has 2 aliphatic rings. The smallest absolute Gasteiger partial charge is 0.305 e. The topological polar surface area (TPSA) is 180 Å². The molecule has 47 heavy (non-hydrogen) atoms. The van der Waals surface area contributed by atoms with E-state index in [0.29, 0.717) is 57.1 Å². The van der Waals surface area contributed by atoms with Gasteiger partial charge in [0, 0.05) is 30.7 Å². The number of rotatable bonds is 20. The van der Waals surface area contributed by atoms with Crippen LogP contribution in [0.25, 0.3) is 0 Å². The van der Waals surface area contributed by atoms with E-state index < -0.39 is 43.3 Å². The van der Waals surface area contributed by atoms with E-state index in [1.54, 1.807) is 6.92 Å². The van der Waals surface area contributed by atoms with Gasteiger partial charge >= 0.3 is 5.97 Å². The highest BCUT2D eigenvalue weighted by Crippen LogP contribution is 2.43. The quantitative estimate of drug-likeness (QED) is 0.0630. The molecule has 3 rings (SSSR count). The van der Waals surface area contributed by atoms with Crippen molar-refractivity contribution in [2.75, 3.05) is 13.2 Å². The third-order valence-corrected chi connectivity index (χ3v) is 14.8. The lowest BCUT2D eigenvalue weighted by molar-refractivity contribution is -0.143. The average Bonchev–Trinajstić information content (AvgIpc) is 3.59. The predicted molar refractivity (Wildman–Crippen MR) is 184 cm³/mol. The number of sulfone groups is 1. The van der Waals surface area contributed by atoms with Crippen LogP contribution in [0.3, 0.4) is 0 Å². The minimum absolute atomic E-state index is 0.0282. The zero-order valence-corrected chi connectivity index (χ0v) is 30.4. The molecule has 1 aliphatic heterocycles. The van der Waals surface area contributed by atoms with Crippen molar-refractivity contribution in [1.29, 1.82) is 0 Å². The van der Waals surface area contributed by atoms with Crippen molar-refractivity contribution in [2.24, 2.45) is 16.2 Å². The summed E-state index contributed by atoms with van der Waals surface area (Å²) < 4.78 is 60.1. The second-order valence-corrected chi connectivity index (χ2v) is 18.3. The molecule has 7 atom stereocenters. The van der Waals surface area contributed by atoms with Gasteiger partial charge in [-0.3, -0.25) is 4.79 Å². The molecule has 1 saturated carbocycles. The van der Waals surface area contributed by atoms with Gasteiger partial charge in [-0.2, -0.15) is 12.8 Å². The van der Waals surface area contributed by atoms with Crippen molar-refractivity contribution in [1.82, 2.24) is 5.32 Å². The largest absolute Gasteiger partial charge is 0.465 e. The van der Waals surface area contributed by atoms with Gasteiger partial charge in [0.15, 0.2) is 9.84 Å². The van der Waals surface area contributed by atoms with E-state index in [-0.39, 0.29) is 51.8 Å². The number of thiophene rings is 1. The van der Waals surface area contributed by atoms with Crippen LogP contribution in [-0.4, -0.2) is 81.1 Å². The summed E-state index contributed by atoms with van der Waals surface area (Å²) in [6, 6.07) is 1.15. The van der Waals surface area contributed by atoms with E-state index in [9.17, 15) is 36.9 Å². The lowest BCUT2D eigenvalue weighted by Gasteiger charge is -2.27. The second-order valence-electron chi connectivity index (χ2n) is 12.8. The van der Waals surface area contributed by atoms with Crippen LogP contribution in [-0.2, 0) is 29.4 Å². The number of hydrogen-bond acceptors (Lipinski definition) is 11. The molecule has 0 bridgehead atoms. The third-order valence-electron chi connectivity index (χ3n) is 9.18. The van der Waals surface area contributed by atoms with Crippen LogP contribution >= 0.6 is 11.3 Å². The number of aliphatic hydroxyl groups is 3. The number of nitrogens with one attached hydrogen (secondary N) is 1. The molecule has 0 radical (unpaired) electrons. The van der Waals surface area contributed by atoms with E-state index >= 15 is 0 Å². The lowest BCUT2D eigenvalue weighted by atomic mass is 9.85. The van der Waals surface area contributed by atoms with Crippen molar-refractivity contribution < 1.29 is 41.7 Å². The van der Waals surface area contributed by atoms with Crippen molar-refractivity contribution in [3.8, 4) is 0 Å². The van der Waals surface area contributed by atoms with Gasteiger partial charge in [0.25, 0.3) is 10.0 Å². The van der Waals surface area contributed by atoms with Gasteiger partial charge in [0.2, 0.25) is 0 Å². The van der Waals surface area contributed by atoms with Crippen molar-refractivity contribution >= 4 is 43.4 Å². The number of fused-ring (bicyclic) bond motifs is 1. The van der Waals surface area contributed by atoms with E-state index in [4.69, 9.17) is 4.74 Å². The first-order valence-electron chi connectivity index (χ1n) is 17.1. The summed E-state index contributed by atoms with van der Waals surface area (Å²) in [5, 5.41) is 33.8. The maximum atomic E-state index is 12.8. The van der Waals surface area contributed by atoms with E-state index in [0.717, 1.165) is 43.2 Å². The van der Waals surface area contributed by atoms with E-state index in [1.807, 2.05) is 19.1 Å². The summed E-state index contributed by atoms with van der Waals surface area (Å²) in [5.41, 5.74) is 0.468. The molecule has 0 amide bonds. The maximum absolute atomic E-state index is 12.8. The fraction of sp³-hybridized carbons (Fsp3) is 0.758. The number of aliphatic hydroxyl groups excluding tert-OH is 3. The second kappa shape index (κ2) is 18.9. The number of carbonyl (C=O) groups is 1. The van der Waals surface area contributed by atoms with Crippen molar-refractivity contribution in [3.63, 3.8) is 0 Å². The summed E-state index contributed by atoms with van der Waals surface area (Å²) in [6.45, 7) is 6.25. The summed E-state index contributed by atoms with van der Waals surface area (Å²) >= 11 is 0.726. The molecule has 0 spiro atoms. The Labute approximate surface area is 284 Å². The van der Waals surface area contributed by atoms with Crippen molar-refractivity contribution in [2.45, 2.75) is 142 Å². The Kier molecular flexibility index (Phi) is 16.0. The fourth-order valence-electron chi connectivity index (χ4n) is 6.47. The Bertz CT molecular complexity index is 1410. The fourth-order valence-corrected chi connectivity index (χ4v) is 11.4. The van der Waals surface area contributed by atoms with Gasteiger partial charge in [-0.25, -0.2) is 8.42 Å². The Morgan fingerprint density at radius 2 is 1.85 bits per heavy atom. The number of esters is 1. The van der Waals surface area contributed by atoms with Gasteiger partial charge in [0.1, 0.15) is 8.42 Å². The molecule has 0 saturated heterocycles. The predicted octanol–water partition coefficient (Wildman–Crippen LogP) is 4.85. The lowest BCUT2D eigenvalue weighted by Crippen LogP contribution is -2.33. The number of sulfonamides is 1. The molecular formula is C33H54N2O9S3. The first kappa shape index (κ1) is 39.8. The molecule has 1 aromatic heterocycles. The minimum Gasteiger partial charge on any atom is -0.465 e. The molecule has 0 unspecified atom stereocenters.